The molecule has 2 aliphatic heterocycles. The Morgan fingerprint density at radius 2 is 2.05 bits per heavy atom. The lowest BCUT2D eigenvalue weighted by atomic mass is 10.1. The third-order valence-electron chi connectivity index (χ3n) is 7.76. The number of hydrogen-bond acceptors (Lipinski definition) is 9. The van der Waals surface area contributed by atoms with E-state index in [1.807, 2.05) is 12.1 Å². The van der Waals surface area contributed by atoms with Gasteiger partial charge in [-0.25, -0.2) is 19.3 Å². The van der Waals surface area contributed by atoms with Crippen LogP contribution in [0.1, 0.15) is 33.4 Å². The lowest BCUT2D eigenvalue weighted by molar-refractivity contribution is 0.0738. The summed E-state index contributed by atoms with van der Waals surface area (Å²) in [6, 6.07) is 12.2. The first-order valence-electron chi connectivity index (χ1n) is 14.0. The average molecular weight is 557 g/mol. The molecule has 3 aromatic heterocycles. The van der Waals surface area contributed by atoms with E-state index in [9.17, 15) is 9.90 Å². The average Bonchev–Trinajstić information content (AvgIpc) is 3.22. The Bertz CT molecular complexity index is 1670. The smallest absolute Gasteiger partial charge is 0.278 e. The molecule has 41 heavy (non-hydrogen) atoms. The fourth-order valence-electron chi connectivity index (χ4n) is 5.56. The maximum atomic E-state index is 13.3. The monoisotopic (exact) mass is 556 g/mol. The third kappa shape index (κ3) is 4.95. The van der Waals surface area contributed by atoms with Crippen LogP contribution in [-0.2, 0) is 12.1 Å². The molecule has 1 fully saturated rings. The summed E-state index contributed by atoms with van der Waals surface area (Å²) < 4.78 is 9.35. The van der Waals surface area contributed by atoms with Crippen molar-refractivity contribution in [3.63, 3.8) is 0 Å². The van der Waals surface area contributed by atoms with Crippen LogP contribution in [0.5, 0.6) is 5.75 Å². The van der Waals surface area contributed by atoms with Crippen molar-refractivity contribution in [1.82, 2.24) is 29.2 Å². The highest BCUT2D eigenvalue weighted by atomic mass is 16.5. The van der Waals surface area contributed by atoms with Gasteiger partial charge in [0.15, 0.2) is 11.5 Å². The van der Waals surface area contributed by atoms with Gasteiger partial charge in [0.25, 0.3) is 5.56 Å². The van der Waals surface area contributed by atoms with E-state index in [1.165, 1.54) is 10.9 Å². The van der Waals surface area contributed by atoms with Crippen molar-refractivity contribution >= 4 is 28.4 Å². The quantitative estimate of drug-likeness (QED) is 0.331. The second-order valence-electron chi connectivity index (χ2n) is 11.4. The van der Waals surface area contributed by atoms with E-state index >= 15 is 0 Å². The maximum absolute atomic E-state index is 13.3. The molecular formula is C30H36N8O3. The van der Waals surface area contributed by atoms with Gasteiger partial charge in [-0.05, 0) is 52.0 Å². The van der Waals surface area contributed by atoms with E-state index in [4.69, 9.17) is 9.72 Å². The Morgan fingerprint density at radius 3 is 2.80 bits per heavy atom. The molecule has 0 radical (unpaired) electrons. The predicted octanol–water partition coefficient (Wildman–Crippen LogP) is 3.43. The first-order valence-corrected chi connectivity index (χ1v) is 14.0. The summed E-state index contributed by atoms with van der Waals surface area (Å²) in [5, 5.41) is 14.2. The number of rotatable bonds is 7. The molecule has 1 unspecified atom stereocenters. The van der Waals surface area contributed by atoms with Crippen LogP contribution in [0.4, 0.5) is 17.3 Å². The minimum absolute atomic E-state index is 0.251. The van der Waals surface area contributed by atoms with Gasteiger partial charge >= 0.3 is 0 Å². The summed E-state index contributed by atoms with van der Waals surface area (Å²) >= 11 is 0. The first kappa shape index (κ1) is 27.0. The number of nitrogens with one attached hydrogen (secondary N) is 1. The molecule has 2 N–H and O–H groups in total. The van der Waals surface area contributed by atoms with Crippen LogP contribution >= 0.6 is 0 Å². The van der Waals surface area contributed by atoms with Gasteiger partial charge in [0, 0.05) is 43.6 Å². The van der Waals surface area contributed by atoms with Gasteiger partial charge in [-0.3, -0.25) is 9.69 Å². The number of fused-ring (bicyclic) bond motifs is 4. The highest BCUT2D eigenvalue weighted by Gasteiger charge is 2.33. The lowest BCUT2D eigenvalue weighted by Crippen LogP contribution is -2.58. The van der Waals surface area contributed by atoms with E-state index in [-0.39, 0.29) is 12.1 Å². The van der Waals surface area contributed by atoms with Gasteiger partial charge in [-0.1, -0.05) is 12.1 Å². The minimum atomic E-state index is -1.15. The Morgan fingerprint density at radius 1 is 1.22 bits per heavy atom. The number of ether oxygens (including phenoxy) is 1. The Hall–Kier alpha value is -4.22. The number of nitrogens with zero attached hydrogens (tertiary/aromatic N) is 7. The van der Waals surface area contributed by atoms with Gasteiger partial charge < -0.3 is 20.1 Å². The number of anilines is 3. The van der Waals surface area contributed by atoms with Gasteiger partial charge in [0.2, 0.25) is 5.95 Å². The highest BCUT2D eigenvalue weighted by Crippen LogP contribution is 2.38. The fourth-order valence-corrected chi connectivity index (χ4v) is 5.56. The van der Waals surface area contributed by atoms with Crippen molar-refractivity contribution in [3.8, 4) is 11.6 Å². The molecule has 11 nitrogen and oxygen atoms in total. The molecule has 0 aliphatic carbocycles. The molecule has 0 spiro atoms. The van der Waals surface area contributed by atoms with Crippen LogP contribution in [0.15, 0.2) is 60.0 Å². The maximum Gasteiger partial charge on any atom is 0.278 e. The van der Waals surface area contributed by atoms with Crippen LogP contribution in [0.2, 0.25) is 0 Å². The van der Waals surface area contributed by atoms with Gasteiger partial charge in [-0.15, -0.1) is 6.58 Å². The standard InChI is InChI=1S/C30H36N8O3/c1-6-12-37-28(39)22-16-31-29(34-27(22)38(37)26-9-7-8-25(33-26)30(4,5)40)32-20-10-11-23-24(15-20)41-18-21-17-35(19(2)3)13-14-36(21)23/h6-11,15-16,19,21,40H,1,12-14,17-18H2,2-5H3,(H,31,32,34). The van der Waals surface area contributed by atoms with Crippen molar-refractivity contribution in [3.05, 3.63) is 71.3 Å². The van der Waals surface area contributed by atoms with Crippen LogP contribution in [0.3, 0.4) is 0 Å². The lowest BCUT2D eigenvalue weighted by Gasteiger charge is -2.46. The minimum Gasteiger partial charge on any atom is -0.489 e. The first-order chi connectivity index (χ1) is 19.6. The Balaban J connectivity index is 1.34. The molecule has 11 heteroatoms. The zero-order valence-corrected chi connectivity index (χ0v) is 23.9. The van der Waals surface area contributed by atoms with Crippen LogP contribution < -0.4 is 20.5 Å². The number of aromatic nitrogens is 5. The number of benzene rings is 1. The second-order valence-corrected chi connectivity index (χ2v) is 11.4. The number of aliphatic hydroxyl groups is 1. The SMILES string of the molecule is C=CCn1c(=O)c2cnc(Nc3ccc4c(c3)OCC3CN(C(C)C)CCN43)nc2n1-c1cccc(C(C)(C)O)n1. The summed E-state index contributed by atoms with van der Waals surface area (Å²) in [4.78, 5) is 32.0. The van der Waals surface area contributed by atoms with Crippen molar-refractivity contribution in [2.24, 2.45) is 0 Å². The summed E-state index contributed by atoms with van der Waals surface area (Å²) in [5.41, 5.74) is 1.35. The molecule has 0 saturated carbocycles. The van der Waals surface area contributed by atoms with E-state index in [1.54, 1.807) is 42.8 Å². The van der Waals surface area contributed by atoms with E-state index in [0.717, 1.165) is 36.8 Å². The largest absolute Gasteiger partial charge is 0.489 e. The zero-order valence-electron chi connectivity index (χ0n) is 23.9. The molecule has 0 amide bonds. The van der Waals surface area contributed by atoms with Crippen LogP contribution in [0.25, 0.3) is 16.9 Å². The van der Waals surface area contributed by atoms with Crippen LogP contribution in [-0.4, -0.2) is 72.6 Å². The summed E-state index contributed by atoms with van der Waals surface area (Å²) in [6.07, 6.45) is 3.17. The molecular weight excluding hydrogens is 520 g/mol. The summed E-state index contributed by atoms with van der Waals surface area (Å²) in [7, 11) is 0. The van der Waals surface area contributed by atoms with E-state index in [2.05, 4.69) is 51.6 Å². The van der Waals surface area contributed by atoms with Crippen molar-refractivity contribution < 1.29 is 9.84 Å². The number of piperazine rings is 1. The molecule has 6 rings (SSSR count). The highest BCUT2D eigenvalue weighted by molar-refractivity contribution is 5.77. The molecule has 1 saturated heterocycles. The number of allylic oxidation sites excluding steroid dienone is 1. The van der Waals surface area contributed by atoms with Crippen molar-refractivity contribution in [2.45, 2.75) is 51.9 Å². The topological polar surface area (TPSA) is 114 Å². The number of pyridine rings is 1. The third-order valence-corrected chi connectivity index (χ3v) is 7.76. The molecule has 4 aromatic rings. The number of hydrogen-bond donors (Lipinski definition) is 2. The van der Waals surface area contributed by atoms with E-state index < -0.39 is 5.60 Å². The predicted molar refractivity (Wildman–Crippen MR) is 159 cm³/mol. The molecule has 214 valence electrons. The molecule has 1 atom stereocenters. The Kier molecular flexibility index (Phi) is 6.79. The van der Waals surface area contributed by atoms with Crippen molar-refractivity contribution in [2.75, 3.05) is 36.5 Å². The summed E-state index contributed by atoms with van der Waals surface area (Å²) in [5.74, 6) is 1.62. The fraction of sp³-hybridized carbons (Fsp3) is 0.400. The zero-order chi connectivity index (χ0) is 28.9. The molecule has 1 aromatic carbocycles. The normalized spacial score (nSPS) is 17.3. The molecule has 5 heterocycles. The van der Waals surface area contributed by atoms with E-state index in [0.29, 0.717) is 47.2 Å². The van der Waals surface area contributed by atoms with Crippen molar-refractivity contribution in [1.29, 1.82) is 0 Å². The summed E-state index contributed by atoms with van der Waals surface area (Å²) in [6.45, 7) is 15.5. The van der Waals surface area contributed by atoms with Gasteiger partial charge in [0.05, 0.1) is 24.0 Å². The Labute approximate surface area is 238 Å². The van der Waals surface area contributed by atoms with Gasteiger partial charge in [0.1, 0.15) is 23.3 Å². The second kappa shape index (κ2) is 10.3. The van der Waals surface area contributed by atoms with Gasteiger partial charge in [-0.2, -0.15) is 4.98 Å². The molecule has 2 aliphatic rings. The van der Waals surface area contributed by atoms with Crippen LogP contribution in [0, 0.1) is 0 Å². The molecule has 0 bridgehead atoms.